The second kappa shape index (κ2) is 11.3. The number of ether oxygens (including phenoxy) is 1. The molecule has 0 aromatic heterocycles. The van der Waals surface area contributed by atoms with E-state index in [0.717, 1.165) is 55.3 Å². The third-order valence-corrected chi connectivity index (χ3v) is 7.52. The summed E-state index contributed by atoms with van der Waals surface area (Å²) in [5, 5.41) is 3.53. The zero-order chi connectivity index (χ0) is 22.3. The molecule has 0 amide bonds. The minimum absolute atomic E-state index is 0.0804. The molecule has 1 aromatic rings. The predicted octanol–water partition coefficient (Wildman–Crippen LogP) is 4.46. The number of carbonyl (C=O) groups excluding carboxylic acids is 1. The van der Waals surface area contributed by atoms with E-state index < -0.39 is 0 Å². The number of guanidine groups is 1. The van der Waals surface area contributed by atoms with Crippen LogP contribution in [0, 0.1) is 11.8 Å². The molecule has 3 aliphatic rings. The van der Waals surface area contributed by atoms with Crippen LogP contribution in [0.4, 0.5) is 5.69 Å². The van der Waals surface area contributed by atoms with Crippen molar-refractivity contribution in [2.45, 2.75) is 76.8 Å². The number of Topliss-reactive ketones (excluding diaryl/α,β-unsaturated/α-hetero) is 1. The average Bonchev–Trinajstić information content (AvgIpc) is 2.82. The lowest BCUT2D eigenvalue weighted by molar-refractivity contribution is 0.0677. The highest BCUT2D eigenvalue weighted by Gasteiger charge is 2.27. The molecule has 176 valence electrons. The van der Waals surface area contributed by atoms with E-state index in [0.29, 0.717) is 12.1 Å². The van der Waals surface area contributed by atoms with Crippen molar-refractivity contribution in [3.05, 3.63) is 29.8 Å². The highest BCUT2D eigenvalue weighted by atomic mass is 16.5. The Morgan fingerprint density at radius 2 is 1.72 bits per heavy atom. The predicted molar refractivity (Wildman–Crippen MR) is 130 cm³/mol. The van der Waals surface area contributed by atoms with Crippen molar-refractivity contribution in [1.82, 2.24) is 4.90 Å². The van der Waals surface area contributed by atoms with Gasteiger partial charge >= 0.3 is 0 Å². The summed E-state index contributed by atoms with van der Waals surface area (Å²) >= 11 is 0. The third kappa shape index (κ3) is 6.55. The zero-order valence-electron chi connectivity index (χ0n) is 19.6. The van der Waals surface area contributed by atoms with E-state index in [9.17, 15) is 4.79 Å². The quantitative estimate of drug-likeness (QED) is 0.402. The van der Waals surface area contributed by atoms with E-state index in [1.165, 1.54) is 57.8 Å². The number of hydrogen-bond donors (Lipinski definition) is 2. The van der Waals surface area contributed by atoms with Crippen LogP contribution < -0.4 is 11.1 Å². The molecule has 3 fully saturated rings. The number of anilines is 1. The number of nitrogens with zero attached hydrogens (tertiary/aromatic N) is 2. The number of nitrogens with one attached hydrogen (secondary N) is 1. The van der Waals surface area contributed by atoms with Crippen LogP contribution in [0.3, 0.4) is 0 Å². The maximum Gasteiger partial charge on any atom is 0.198 e. The average molecular weight is 441 g/mol. The van der Waals surface area contributed by atoms with Gasteiger partial charge in [-0.25, -0.2) is 4.99 Å². The van der Waals surface area contributed by atoms with E-state index in [1.54, 1.807) is 6.92 Å². The van der Waals surface area contributed by atoms with Crippen molar-refractivity contribution in [2.24, 2.45) is 22.6 Å². The topological polar surface area (TPSA) is 80.0 Å². The van der Waals surface area contributed by atoms with Crippen LogP contribution in [0.5, 0.6) is 0 Å². The number of ketones is 1. The van der Waals surface area contributed by atoms with Gasteiger partial charge in [0.15, 0.2) is 11.7 Å². The Bertz CT molecular complexity index is 774. The fourth-order valence-corrected chi connectivity index (χ4v) is 5.49. The molecule has 4 rings (SSSR count). The Hall–Kier alpha value is -1.92. The molecule has 2 saturated carbocycles. The molecule has 0 spiro atoms. The fourth-order valence-electron chi connectivity index (χ4n) is 5.49. The number of hydrogen-bond acceptors (Lipinski definition) is 4. The smallest absolute Gasteiger partial charge is 0.198 e. The minimum atomic E-state index is 0.0804. The summed E-state index contributed by atoms with van der Waals surface area (Å²) in [6.07, 6.45) is 11.4. The van der Waals surface area contributed by atoms with Gasteiger partial charge in [-0.2, -0.15) is 0 Å². The molecule has 6 nitrogen and oxygen atoms in total. The minimum Gasteiger partial charge on any atom is -0.378 e. The van der Waals surface area contributed by atoms with Crippen LogP contribution in [0.2, 0.25) is 0 Å². The SMILES string of the molecule is CC(=O)c1cccc(NC(=NC2CCC(CC3CCC(N)CC3)CC2)N2CCOCC2)c1. The molecular weight excluding hydrogens is 400 g/mol. The standard InChI is InChI=1S/C26H40N4O2/c1-19(31)22-3-2-4-25(18-22)29-26(30-13-15-32-16-14-30)28-24-11-7-21(8-12-24)17-20-5-9-23(27)10-6-20/h2-4,18,20-21,23-24H,5-17,27H2,1H3,(H,28,29). The van der Waals surface area contributed by atoms with Gasteiger partial charge in [0, 0.05) is 30.4 Å². The number of benzene rings is 1. The molecule has 3 N–H and O–H groups in total. The van der Waals surface area contributed by atoms with Gasteiger partial charge in [-0.15, -0.1) is 0 Å². The molecule has 1 aromatic carbocycles. The summed E-state index contributed by atoms with van der Waals surface area (Å²) in [7, 11) is 0. The van der Waals surface area contributed by atoms with Gasteiger partial charge in [-0.3, -0.25) is 4.79 Å². The van der Waals surface area contributed by atoms with E-state index in [2.05, 4.69) is 10.2 Å². The largest absolute Gasteiger partial charge is 0.378 e. The van der Waals surface area contributed by atoms with Crippen molar-refractivity contribution in [2.75, 3.05) is 31.6 Å². The number of morpholine rings is 1. The van der Waals surface area contributed by atoms with E-state index in [4.69, 9.17) is 15.5 Å². The third-order valence-electron chi connectivity index (χ3n) is 7.52. The maximum absolute atomic E-state index is 11.8. The van der Waals surface area contributed by atoms with Crippen LogP contribution in [0.25, 0.3) is 0 Å². The highest BCUT2D eigenvalue weighted by Crippen LogP contribution is 2.36. The molecular formula is C26H40N4O2. The summed E-state index contributed by atoms with van der Waals surface area (Å²) in [5.74, 6) is 2.75. The van der Waals surface area contributed by atoms with Crippen molar-refractivity contribution in [3.8, 4) is 0 Å². The lowest BCUT2D eigenvalue weighted by Crippen LogP contribution is -2.44. The Kier molecular flexibility index (Phi) is 8.20. The molecule has 0 bridgehead atoms. The van der Waals surface area contributed by atoms with Crippen molar-refractivity contribution in [1.29, 1.82) is 0 Å². The molecule has 2 aliphatic carbocycles. The molecule has 1 aliphatic heterocycles. The second-order valence-corrected chi connectivity index (χ2v) is 10.0. The Morgan fingerprint density at radius 3 is 2.38 bits per heavy atom. The lowest BCUT2D eigenvalue weighted by atomic mass is 9.76. The van der Waals surface area contributed by atoms with E-state index in [-0.39, 0.29) is 5.78 Å². The van der Waals surface area contributed by atoms with Crippen LogP contribution in [0.1, 0.15) is 75.1 Å². The molecule has 1 heterocycles. The first-order chi connectivity index (χ1) is 15.6. The molecule has 0 unspecified atom stereocenters. The van der Waals surface area contributed by atoms with E-state index >= 15 is 0 Å². The Balaban J connectivity index is 1.37. The fraction of sp³-hybridized carbons (Fsp3) is 0.692. The number of aliphatic imine (C=N–C) groups is 1. The Labute approximate surface area is 193 Å². The van der Waals surface area contributed by atoms with Gasteiger partial charge in [-0.1, -0.05) is 12.1 Å². The van der Waals surface area contributed by atoms with E-state index in [1.807, 2.05) is 24.3 Å². The van der Waals surface area contributed by atoms with Crippen molar-refractivity contribution < 1.29 is 9.53 Å². The first kappa shape index (κ1) is 23.2. The van der Waals surface area contributed by atoms with Gasteiger partial charge in [0.2, 0.25) is 0 Å². The Morgan fingerprint density at radius 1 is 1.06 bits per heavy atom. The number of rotatable bonds is 5. The molecule has 6 heteroatoms. The van der Waals surface area contributed by atoms with Crippen molar-refractivity contribution >= 4 is 17.4 Å². The zero-order valence-corrected chi connectivity index (χ0v) is 19.6. The van der Waals surface area contributed by atoms with Gasteiger partial charge in [0.25, 0.3) is 0 Å². The molecule has 0 atom stereocenters. The first-order valence-corrected chi connectivity index (χ1v) is 12.6. The summed E-state index contributed by atoms with van der Waals surface area (Å²) in [6.45, 7) is 4.75. The lowest BCUT2D eigenvalue weighted by Gasteiger charge is -2.34. The number of carbonyl (C=O) groups is 1. The van der Waals surface area contributed by atoms with Gasteiger partial charge in [-0.05, 0) is 88.7 Å². The van der Waals surface area contributed by atoms with Gasteiger partial charge in [0.05, 0.1) is 19.3 Å². The molecule has 0 radical (unpaired) electrons. The van der Waals surface area contributed by atoms with Crippen molar-refractivity contribution in [3.63, 3.8) is 0 Å². The highest BCUT2D eigenvalue weighted by molar-refractivity contribution is 5.98. The summed E-state index contributed by atoms with van der Waals surface area (Å²) in [4.78, 5) is 19.3. The normalized spacial score (nSPS) is 29.6. The maximum atomic E-state index is 11.8. The summed E-state index contributed by atoms with van der Waals surface area (Å²) < 4.78 is 5.56. The van der Waals surface area contributed by atoms with Crippen LogP contribution >= 0.6 is 0 Å². The summed E-state index contributed by atoms with van der Waals surface area (Å²) in [6, 6.07) is 8.53. The van der Waals surface area contributed by atoms with Crippen LogP contribution in [-0.2, 0) is 4.74 Å². The van der Waals surface area contributed by atoms with Crippen LogP contribution in [0.15, 0.2) is 29.3 Å². The van der Waals surface area contributed by atoms with Gasteiger partial charge < -0.3 is 20.7 Å². The second-order valence-electron chi connectivity index (χ2n) is 10.0. The molecule has 32 heavy (non-hydrogen) atoms. The van der Waals surface area contributed by atoms with Gasteiger partial charge in [0.1, 0.15) is 0 Å². The summed E-state index contributed by atoms with van der Waals surface area (Å²) in [5.41, 5.74) is 7.73. The monoisotopic (exact) mass is 440 g/mol. The molecule has 1 saturated heterocycles. The number of nitrogens with two attached hydrogens (primary N) is 1. The first-order valence-electron chi connectivity index (χ1n) is 12.6. The van der Waals surface area contributed by atoms with Crippen LogP contribution in [-0.4, -0.2) is 55.0 Å².